The summed E-state index contributed by atoms with van der Waals surface area (Å²) < 4.78 is 11.4. The lowest BCUT2D eigenvalue weighted by molar-refractivity contribution is 0.283. The van der Waals surface area contributed by atoms with E-state index in [2.05, 4.69) is 21.8 Å². The van der Waals surface area contributed by atoms with E-state index >= 15 is 0 Å². The maximum atomic E-state index is 6.17. The lowest BCUT2D eigenvalue weighted by Gasteiger charge is -2.32. The predicted molar refractivity (Wildman–Crippen MR) is 124 cm³/mol. The number of methoxy groups -OCH3 is 1. The van der Waals surface area contributed by atoms with Crippen LogP contribution in [0.3, 0.4) is 0 Å². The second-order valence-corrected chi connectivity index (χ2v) is 8.56. The lowest BCUT2D eigenvalue weighted by Crippen LogP contribution is -2.45. The molecule has 2 heterocycles. The number of nitrogen functional groups attached to an aromatic ring is 1. The first-order valence-corrected chi connectivity index (χ1v) is 11.0. The third kappa shape index (κ3) is 5.59. The van der Waals surface area contributed by atoms with Crippen LogP contribution >= 0.6 is 11.8 Å². The van der Waals surface area contributed by atoms with Crippen LogP contribution in [-0.4, -0.2) is 55.2 Å². The van der Waals surface area contributed by atoms with E-state index in [1.54, 1.807) is 18.9 Å². The van der Waals surface area contributed by atoms with Crippen molar-refractivity contribution in [2.75, 3.05) is 51.0 Å². The van der Waals surface area contributed by atoms with Gasteiger partial charge in [0.25, 0.3) is 0 Å². The first-order valence-electron chi connectivity index (χ1n) is 10.2. The largest absolute Gasteiger partial charge is 0.497 e. The van der Waals surface area contributed by atoms with Gasteiger partial charge in [0, 0.05) is 36.8 Å². The van der Waals surface area contributed by atoms with Crippen molar-refractivity contribution in [3.8, 4) is 11.6 Å². The monoisotopic (exact) mass is 437 g/mol. The van der Waals surface area contributed by atoms with Gasteiger partial charge in [-0.1, -0.05) is 30.0 Å². The van der Waals surface area contributed by atoms with E-state index in [1.165, 1.54) is 0 Å². The molecule has 0 atom stereocenters. The number of rotatable bonds is 7. The van der Waals surface area contributed by atoms with Crippen LogP contribution in [0.2, 0.25) is 0 Å². The van der Waals surface area contributed by atoms with Gasteiger partial charge in [-0.15, -0.1) is 0 Å². The van der Waals surface area contributed by atoms with E-state index in [0.29, 0.717) is 18.4 Å². The zero-order chi connectivity index (χ0) is 21.6. The molecule has 0 radical (unpaired) electrons. The minimum absolute atomic E-state index is 0.410. The minimum atomic E-state index is 0.410. The summed E-state index contributed by atoms with van der Waals surface area (Å²) in [5, 5.41) is 0. The molecule has 8 heteroatoms. The molecule has 0 amide bonds. The highest BCUT2D eigenvalue weighted by Crippen LogP contribution is 2.35. The maximum Gasteiger partial charge on any atom is 0.232 e. The Morgan fingerprint density at radius 3 is 2.55 bits per heavy atom. The molecular weight excluding hydrogens is 410 g/mol. The van der Waals surface area contributed by atoms with Crippen molar-refractivity contribution in [1.29, 1.82) is 0 Å². The molecule has 1 aliphatic rings. The highest BCUT2D eigenvalue weighted by Gasteiger charge is 2.19. The van der Waals surface area contributed by atoms with Gasteiger partial charge in [-0.25, -0.2) is 4.98 Å². The Balaban J connectivity index is 1.56. The Labute approximate surface area is 187 Å². The van der Waals surface area contributed by atoms with Gasteiger partial charge < -0.3 is 25.0 Å². The summed E-state index contributed by atoms with van der Waals surface area (Å²) in [5.74, 6) is 2.10. The zero-order valence-electron chi connectivity index (χ0n) is 17.8. The van der Waals surface area contributed by atoms with E-state index in [4.69, 9.17) is 20.2 Å². The number of aromatic nitrogens is 2. The third-order valence-corrected chi connectivity index (χ3v) is 6.11. The summed E-state index contributed by atoms with van der Waals surface area (Å²) in [6.07, 6.45) is 1.85. The van der Waals surface area contributed by atoms with Crippen molar-refractivity contribution in [2.24, 2.45) is 0 Å². The van der Waals surface area contributed by atoms with Crippen LogP contribution in [0.1, 0.15) is 5.56 Å². The van der Waals surface area contributed by atoms with E-state index < -0.39 is 0 Å². The van der Waals surface area contributed by atoms with E-state index in [0.717, 1.165) is 53.0 Å². The van der Waals surface area contributed by atoms with Crippen LogP contribution < -0.4 is 20.1 Å². The van der Waals surface area contributed by atoms with Crippen molar-refractivity contribution >= 4 is 23.4 Å². The van der Waals surface area contributed by atoms with Crippen LogP contribution in [0.5, 0.6) is 11.6 Å². The van der Waals surface area contributed by atoms with Crippen LogP contribution in [0.15, 0.2) is 64.5 Å². The SMILES string of the molecule is COc1ccc(COc2nc(N3CCN(C)CC3)ncc2Sc2cccc(N)c2)cc1. The number of benzene rings is 2. The molecule has 1 saturated heterocycles. The molecule has 162 valence electrons. The normalized spacial score (nSPS) is 14.5. The fraction of sp³-hybridized carbons (Fsp3) is 0.304. The highest BCUT2D eigenvalue weighted by atomic mass is 32.2. The van der Waals surface area contributed by atoms with E-state index in [9.17, 15) is 0 Å². The Morgan fingerprint density at radius 1 is 1.06 bits per heavy atom. The van der Waals surface area contributed by atoms with Gasteiger partial charge in [0.15, 0.2) is 0 Å². The van der Waals surface area contributed by atoms with Gasteiger partial charge in [-0.05, 0) is 42.9 Å². The van der Waals surface area contributed by atoms with Gasteiger partial charge in [0.2, 0.25) is 11.8 Å². The molecule has 1 aliphatic heterocycles. The summed E-state index contributed by atoms with van der Waals surface area (Å²) >= 11 is 1.55. The Hall–Kier alpha value is -2.97. The lowest BCUT2D eigenvalue weighted by atomic mass is 10.2. The van der Waals surface area contributed by atoms with Gasteiger partial charge in [0.1, 0.15) is 12.4 Å². The number of piperazine rings is 1. The van der Waals surface area contributed by atoms with Gasteiger partial charge >= 0.3 is 0 Å². The molecule has 4 rings (SSSR count). The Kier molecular flexibility index (Phi) is 6.79. The number of hydrogen-bond acceptors (Lipinski definition) is 8. The molecule has 7 nitrogen and oxygen atoms in total. The third-order valence-electron chi connectivity index (χ3n) is 5.12. The average Bonchev–Trinajstić information content (AvgIpc) is 2.79. The second-order valence-electron chi connectivity index (χ2n) is 7.44. The van der Waals surface area contributed by atoms with Crippen molar-refractivity contribution in [2.45, 2.75) is 16.4 Å². The molecule has 2 aromatic carbocycles. The number of nitrogens with two attached hydrogens (primary N) is 1. The number of ether oxygens (including phenoxy) is 2. The molecular formula is C23H27N5O2S. The van der Waals surface area contributed by atoms with E-state index in [1.807, 2.05) is 54.7 Å². The summed E-state index contributed by atoms with van der Waals surface area (Å²) in [6, 6.07) is 15.6. The fourth-order valence-corrected chi connectivity index (χ4v) is 4.15. The van der Waals surface area contributed by atoms with Crippen LogP contribution in [-0.2, 0) is 6.61 Å². The molecule has 2 N–H and O–H groups in total. The summed E-state index contributed by atoms with van der Waals surface area (Å²) in [7, 11) is 3.79. The first kappa shape index (κ1) is 21.3. The molecule has 0 spiro atoms. The van der Waals surface area contributed by atoms with Crippen LogP contribution in [0, 0.1) is 0 Å². The summed E-state index contributed by atoms with van der Waals surface area (Å²) in [4.78, 5) is 15.8. The Bertz CT molecular complexity index is 1010. The summed E-state index contributed by atoms with van der Waals surface area (Å²) in [5.41, 5.74) is 7.71. The van der Waals surface area contributed by atoms with E-state index in [-0.39, 0.29) is 0 Å². The van der Waals surface area contributed by atoms with Crippen LogP contribution in [0.4, 0.5) is 11.6 Å². The minimum Gasteiger partial charge on any atom is -0.497 e. The maximum absolute atomic E-state index is 6.17. The molecule has 1 aromatic heterocycles. The second kappa shape index (κ2) is 9.89. The van der Waals surface area contributed by atoms with Crippen molar-refractivity contribution in [1.82, 2.24) is 14.9 Å². The smallest absolute Gasteiger partial charge is 0.232 e. The molecule has 0 aliphatic carbocycles. The molecule has 0 saturated carbocycles. The van der Waals surface area contributed by atoms with Crippen molar-refractivity contribution in [3.63, 3.8) is 0 Å². The molecule has 0 unspecified atom stereocenters. The standard InChI is InChI=1S/C23H27N5O2S/c1-27-10-12-28(13-11-27)23-25-15-21(31-20-5-3-4-18(24)14-20)22(26-23)30-16-17-6-8-19(29-2)9-7-17/h3-9,14-15H,10-13,16,24H2,1-2H3. The van der Waals surface area contributed by atoms with Crippen molar-refractivity contribution < 1.29 is 9.47 Å². The highest BCUT2D eigenvalue weighted by molar-refractivity contribution is 7.99. The number of likely N-dealkylation sites (N-methyl/N-ethyl adjacent to an activating group) is 1. The van der Waals surface area contributed by atoms with Gasteiger partial charge in [-0.3, -0.25) is 0 Å². The Morgan fingerprint density at radius 2 is 1.84 bits per heavy atom. The van der Waals surface area contributed by atoms with Gasteiger partial charge in [0.05, 0.1) is 18.2 Å². The first-order chi connectivity index (χ1) is 15.1. The zero-order valence-corrected chi connectivity index (χ0v) is 18.6. The quantitative estimate of drug-likeness (QED) is 0.563. The molecule has 31 heavy (non-hydrogen) atoms. The fourth-order valence-electron chi connectivity index (χ4n) is 3.26. The predicted octanol–water partition coefficient (Wildman–Crippen LogP) is 3.55. The number of nitrogens with zero attached hydrogens (tertiary/aromatic N) is 4. The van der Waals surface area contributed by atoms with Crippen molar-refractivity contribution in [3.05, 3.63) is 60.3 Å². The number of anilines is 2. The van der Waals surface area contributed by atoms with Crippen LogP contribution in [0.25, 0.3) is 0 Å². The summed E-state index contributed by atoms with van der Waals surface area (Å²) in [6.45, 7) is 4.19. The molecule has 0 bridgehead atoms. The molecule has 3 aromatic rings. The average molecular weight is 438 g/mol. The molecule has 1 fully saturated rings. The number of hydrogen-bond donors (Lipinski definition) is 1. The topological polar surface area (TPSA) is 76.7 Å². The van der Waals surface area contributed by atoms with Gasteiger partial charge in [-0.2, -0.15) is 4.98 Å².